The summed E-state index contributed by atoms with van der Waals surface area (Å²) in [5.41, 5.74) is 2.32. The van der Waals surface area contributed by atoms with Gasteiger partial charge in [-0.05, 0) is 53.1 Å². The molecule has 0 unspecified atom stereocenters. The van der Waals surface area contributed by atoms with Gasteiger partial charge < -0.3 is 9.30 Å². The Morgan fingerprint density at radius 2 is 1.75 bits per heavy atom. The van der Waals surface area contributed by atoms with Crippen LogP contribution in [0.1, 0.15) is 5.56 Å². The van der Waals surface area contributed by atoms with E-state index in [1.807, 2.05) is 24.3 Å². The quantitative estimate of drug-likeness (QED) is 0.704. The zero-order chi connectivity index (χ0) is 17.1. The number of methoxy groups -OCH3 is 1. The number of halogens is 2. The minimum Gasteiger partial charge on any atom is -0.497 e. The zero-order valence-electron chi connectivity index (χ0n) is 13.0. The fourth-order valence-electron chi connectivity index (χ4n) is 2.51. The lowest BCUT2D eigenvalue weighted by Gasteiger charge is -2.10. The molecule has 122 valence electrons. The summed E-state index contributed by atoms with van der Waals surface area (Å²) in [6.07, 6.45) is 1.75. The van der Waals surface area contributed by atoms with E-state index in [1.54, 1.807) is 25.4 Å². The lowest BCUT2D eigenvalue weighted by molar-refractivity contribution is 0.415. The number of ether oxygens (including phenoxy) is 1. The number of aromatic nitrogens is 1. The normalized spacial score (nSPS) is 10.6. The van der Waals surface area contributed by atoms with E-state index in [2.05, 4.69) is 0 Å². The van der Waals surface area contributed by atoms with E-state index in [0.717, 1.165) is 16.9 Å². The molecule has 0 aliphatic carbocycles. The number of pyridine rings is 1. The molecule has 0 radical (unpaired) electrons. The molecule has 0 fully saturated rings. The van der Waals surface area contributed by atoms with Crippen molar-refractivity contribution in [3.05, 3.63) is 87.6 Å². The summed E-state index contributed by atoms with van der Waals surface area (Å²) in [5.74, 6) is 0.346. The highest BCUT2D eigenvalue weighted by Gasteiger charge is 2.05. The van der Waals surface area contributed by atoms with Crippen LogP contribution in [0.4, 0.5) is 4.39 Å². The van der Waals surface area contributed by atoms with Gasteiger partial charge in [-0.1, -0.05) is 23.7 Å². The molecular formula is C19H15ClFNO2. The van der Waals surface area contributed by atoms with Crippen LogP contribution in [0.2, 0.25) is 5.02 Å². The Bertz CT molecular complexity index is 899. The molecule has 0 aliphatic rings. The topological polar surface area (TPSA) is 31.2 Å². The molecule has 0 amide bonds. The largest absolute Gasteiger partial charge is 0.497 e. The third-order valence-electron chi connectivity index (χ3n) is 3.68. The lowest BCUT2D eigenvalue weighted by Crippen LogP contribution is -2.19. The molecule has 0 saturated carbocycles. The van der Waals surface area contributed by atoms with Gasteiger partial charge in [-0.15, -0.1) is 0 Å². The van der Waals surface area contributed by atoms with Crippen LogP contribution in [0, 0.1) is 5.82 Å². The van der Waals surface area contributed by atoms with Crippen LogP contribution in [0.3, 0.4) is 0 Å². The Labute approximate surface area is 143 Å². The maximum absolute atomic E-state index is 13.5. The molecule has 3 aromatic rings. The van der Waals surface area contributed by atoms with Crippen molar-refractivity contribution < 1.29 is 9.13 Å². The van der Waals surface area contributed by atoms with E-state index >= 15 is 0 Å². The lowest BCUT2D eigenvalue weighted by atomic mass is 10.1. The molecule has 0 aliphatic heterocycles. The average Bonchev–Trinajstić information content (AvgIpc) is 2.56. The van der Waals surface area contributed by atoms with Gasteiger partial charge in [0.05, 0.1) is 13.7 Å². The van der Waals surface area contributed by atoms with E-state index in [9.17, 15) is 9.18 Å². The summed E-state index contributed by atoms with van der Waals surface area (Å²) < 4.78 is 20.1. The molecule has 24 heavy (non-hydrogen) atoms. The highest BCUT2D eigenvalue weighted by molar-refractivity contribution is 6.30. The summed E-state index contributed by atoms with van der Waals surface area (Å²) in [7, 11) is 1.61. The Kier molecular flexibility index (Phi) is 4.67. The van der Waals surface area contributed by atoms with Crippen molar-refractivity contribution in [1.82, 2.24) is 4.57 Å². The molecule has 1 heterocycles. The molecule has 0 spiro atoms. The standard InChI is InChI=1S/C19H15ClFNO2/c1-24-18-5-2-14(3-6-18)15-4-7-19(23)22(12-15)11-13-8-16(20)10-17(21)9-13/h2-10,12H,11H2,1H3. The molecular weight excluding hydrogens is 329 g/mol. The predicted molar refractivity (Wildman–Crippen MR) is 93.2 cm³/mol. The number of hydrogen-bond donors (Lipinski definition) is 0. The van der Waals surface area contributed by atoms with E-state index in [1.165, 1.54) is 22.8 Å². The fraction of sp³-hybridized carbons (Fsp3) is 0.105. The van der Waals surface area contributed by atoms with Crippen LogP contribution < -0.4 is 10.3 Å². The molecule has 0 atom stereocenters. The van der Waals surface area contributed by atoms with Crippen molar-refractivity contribution in [2.45, 2.75) is 6.54 Å². The van der Waals surface area contributed by atoms with Gasteiger partial charge in [0.15, 0.2) is 0 Å². The second-order valence-corrected chi connectivity index (χ2v) is 5.83. The molecule has 0 bridgehead atoms. The van der Waals surface area contributed by atoms with E-state index in [-0.39, 0.29) is 12.1 Å². The van der Waals surface area contributed by atoms with Gasteiger partial charge in [0.1, 0.15) is 11.6 Å². The van der Waals surface area contributed by atoms with Gasteiger partial charge in [0.2, 0.25) is 0 Å². The van der Waals surface area contributed by atoms with E-state index < -0.39 is 5.82 Å². The molecule has 1 aromatic heterocycles. The number of rotatable bonds is 4. The van der Waals surface area contributed by atoms with Crippen molar-refractivity contribution in [2.24, 2.45) is 0 Å². The Balaban J connectivity index is 1.95. The first-order valence-corrected chi connectivity index (χ1v) is 7.73. The summed E-state index contributed by atoms with van der Waals surface area (Å²) in [6.45, 7) is 0.250. The number of nitrogens with zero attached hydrogens (tertiary/aromatic N) is 1. The maximum atomic E-state index is 13.5. The van der Waals surface area contributed by atoms with E-state index in [0.29, 0.717) is 10.6 Å². The summed E-state index contributed by atoms with van der Waals surface area (Å²) in [5, 5.41) is 0.310. The summed E-state index contributed by atoms with van der Waals surface area (Å²) in [6, 6.07) is 15.1. The van der Waals surface area contributed by atoms with Gasteiger partial charge in [0, 0.05) is 17.3 Å². The van der Waals surface area contributed by atoms with Crippen molar-refractivity contribution in [2.75, 3.05) is 7.11 Å². The third kappa shape index (κ3) is 3.66. The van der Waals surface area contributed by atoms with Gasteiger partial charge in [-0.3, -0.25) is 4.79 Å². The monoisotopic (exact) mass is 343 g/mol. The number of benzene rings is 2. The minimum absolute atomic E-state index is 0.160. The maximum Gasteiger partial charge on any atom is 0.250 e. The Hall–Kier alpha value is -2.59. The van der Waals surface area contributed by atoms with Gasteiger partial charge in [0.25, 0.3) is 5.56 Å². The second-order valence-electron chi connectivity index (χ2n) is 5.39. The first kappa shape index (κ1) is 16.3. The molecule has 0 N–H and O–H groups in total. The fourth-order valence-corrected chi connectivity index (χ4v) is 2.75. The van der Waals surface area contributed by atoms with Crippen molar-refractivity contribution in [3.8, 4) is 16.9 Å². The highest BCUT2D eigenvalue weighted by Crippen LogP contribution is 2.22. The SMILES string of the molecule is COc1ccc(-c2ccc(=O)n(Cc3cc(F)cc(Cl)c3)c2)cc1. The molecule has 3 nitrogen and oxygen atoms in total. The average molecular weight is 344 g/mol. The van der Waals surface area contributed by atoms with E-state index in [4.69, 9.17) is 16.3 Å². The smallest absolute Gasteiger partial charge is 0.250 e. The van der Waals surface area contributed by atoms with Gasteiger partial charge >= 0.3 is 0 Å². The first-order chi connectivity index (χ1) is 11.5. The molecule has 5 heteroatoms. The first-order valence-electron chi connectivity index (χ1n) is 7.35. The molecule has 3 rings (SSSR count). The Morgan fingerprint density at radius 1 is 1.04 bits per heavy atom. The van der Waals surface area contributed by atoms with Gasteiger partial charge in [-0.2, -0.15) is 0 Å². The zero-order valence-corrected chi connectivity index (χ0v) is 13.8. The molecule has 2 aromatic carbocycles. The van der Waals surface area contributed by atoms with Gasteiger partial charge in [-0.25, -0.2) is 4.39 Å². The van der Waals surface area contributed by atoms with Crippen LogP contribution in [0.25, 0.3) is 11.1 Å². The second kappa shape index (κ2) is 6.89. The number of hydrogen-bond acceptors (Lipinski definition) is 2. The predicted octanol–water partition coefficient (Wildman–Crippen LogP) is 4.36. The summed E-state index contributed by atoms with van der Waals surface area (Å²) in [4.78, 5) is 12.1. The van der Waals surface area contributed by atoms with Crippen LogP contribution in [-0.2, 0) is 6.54 Å². The third-order valence-corrected chi connectivity index (χ3v) is 3.90. The van der Waals surface area contributed by atoms with Crippen LogP contribution >= 0.6 is 11.6 Å². The summed E-state index contributed by atoms with van der Waals surface area (Å²) >= 11 is 5.87. The van der Waals surface area contributed by atoms with Crippen LogP contribution in [-0.4, -0.2) is 11.7 Å². The van der Waals surface area contributed by atoms with Crippen molar-refractivity contribution >= 4 is 11.6 Å². The minimum atomic E-state index is -0.420. The molecule has 0 saturated heterocycles. The Morgan fingerprint density at radius 3 is 2.42 bits per heavy atom. The highest BCUT2D eigenvalue weighted by atomic mass is 35.5. The van der Waals surface area contributed by atoms with Crippen LogP contribution in [0.15, 0.2) is 65.6 Å². The van der Waals surface area contributed by atoms with Crippen LogP contribution in [0.5, 0.6) is 5.75 Å². The van der Waals surface area contributed by atoms with Crippen molar-refractivity contribution in [1.29, 1.82) is 0 Å². The van der Waals surface area contributed by atoms with Crippen molar-refractivity contribution in [3.63, 3.8) is 0 Å².